The number of methoxy groups -OCH3 is 1. The zero-order valence-electron chi connectivity index (χ0n) is 13.0. The molecule has 0 amide bonds. The molecule has 23 heavy (non-hydrogen) atoms. The summed E-state index contributed by atoms with van der Waals surface area (Å²) in [5.74, 6) is -0.915. The van der Waals surface area contributed by atoms with Gasteiger partial charge in [-0.15, -0.1) is 0 Å². The predicted octanol–water partition coefficient (Wildman–Crippen LogP) is 3.71. The van der Waals surface area contributed by atoms with E-state index in [4.69, 9.17) is 10.3 Å². The van der Waals surface area contributed by atoms with Crippen LogP contribution in [0.15, 0.2) is 35.4 Å². The van der Waals surface area contributed by atoms with E-state index in [2.05, 4.69) is 15.0 Å². The minimum atomic E-state index is -0.762. The number of hydrogen-bond acceptors (Lipinski definition) is 4. The summed E-state index contributed by atoms with van der Waals surface area (Å²) in [6, 6.07) is 8.23. The van der Waals surface area contributed by atoms with Gasteiger partial charge in [0.1, 0.15) is 6.04 Å². The molecule has 1 N–H and O–H groups in total. The molecule has 1 unspecified atom stereocenters. The number of nitrogens with zero attached hydrogens (tertiary/aromatic N) is 3. The predicted molar refractivity (Wildman–Crippen MR) is 84.3 cm³/mol. The summed E-state index contributed by atoms with van der Waals surface area (Å²) in [6.45, 7) is 3.06. The molecule has 0 fully saturated rings. The molecule has 7 nitrogen and oxygen atoms in total. The third kappa shape index (κ3) is 3.09. The van der Waals surface area contributed by atoms with Gasteiger partial charge in [0.2, 0.25) is 0 Å². The van der Waals surface area contributed by atoms with Crippen LogP contribution >= 0.6 is 0 Å². The van der Waals surface area contributed by atoms with Gasteiger partial charge in [-0.25, -0.2) is 4.79 Å². The first kappa shape index (κ1) is 16.3. The number of carbonyl (C=O) groups excluding carboxylic acids is 2. The second-order valence-electron chi connectivity index (χ2n) is 4.98. The van der Waals surface area contributed by atoms with E-state index in [1.165, 1.54) is 14.0 Å². The molecule has 1 aromatic carbocycles. The van der Waals surface area contributed by atoms with Gasteiger partial charge in [0.25, 0.3) is 0 Å². The normalized spacial score (nSPS) is 11.4. The maximum absolute atomic E-state index is 12.2. The van der Waals surface area contributed by atoms with Crippen LogP contribution in [0.1, 0.15) is 50.6 Å². The van der Waals surface area contributed by atoms with Gasteiger partial charge in [0, 0.05) is 16.3 Å². The number of rotatable bonds is 5. The monoisotopic (exact) mass is 312 g/mol. The van der Waals surface area contributed by atoms with Gasteiger partial charge < -0.3 is 9.72 Å². The third-order valence-corrected chi connectivity index (χ3v) is 3.51. The third-order valence-electron chi connectivity index (χ3n) is 3.51. The van der Waals surface area contributed by atoms with E-state index in [9.17, 15) is 9.59 Å². The van der Waals surface area contributed by atoms with Gasteiger partial charge in [-0.1, -0.05) is 35.4 Å². The molecule has 0 saturated heterocycles. The Balaban J connectivity index is 2.74. The van der Waals surface area contributed by atoms with Crippen molar-refractivity contribution in [1.29, 1.82) is 0 Å². The van der Waals surface area contributed by atoms with Crippen molar-refractivity contribution < 1.29 is 14.3 Å². The second kappa shape index (κ2) is 6.81. The quantitative estimate of drug-likeness (QED) is 0.299. The Morgan fingerprint density at radius 1 is 1.26 bits per heavy atom. The fraction of sp³-hybridized carbons (Fsp3) is 0.250. The highest BCUT2D eigenvalue weighted by molar-refractivity contribution is 6.07. The highest BCUT2D eigenvalue weighted by Gasteiger charge is 2.29. The van der Waals surface area contributed by atoms with E-state index in [0.29, 0.717) is 17.0 Å². The Bertz CT molecular complexity index is 789. The van der Waals surface area contributed by atoms with E-state index in [1.54, 1.807) is 31.2 Å². The zero-order chi connectivity index (χ0) is 17.0. The van der Waals surface area contributed by atoms with Crippen LogP contribution < -0.4 is 0 Å². The van der Waals surface area contributed by atoms with Crippen LogP contribution in [0.4, 0.5) is 0 Å². The fourth-order valence-electron chi connectivity index (χ4n) is 2.59. The lowest BCUT2D eigenvalue weighted by atomic mass is 9.98. The SMILES string of the molecule is COC(=O)c1c(C(N=[N+]=[N-])c2ccccc2)[nH]c(C)c1C(C)=O. The molecule has 118 valence electrons. The molecule has 0 saturated carbocycles. The van der Waals surface area contributed by atoms with Crippen molar-refractivity contribution in [2.24, 2.45) is 5.11 Å². The zero-order valence-corrected chi connectivity index (χ0v) is 13.0. The Morgan fingerprint density at radius 3 is 2.43 bits per heavy atom. The number of aromatic amines is 1. The second-order valence-corrected chi connectivity index (χ2v) is 4.98. The lowest BCUT2D eigenvalue weighted by Crippen LogP contribution is -2.11. The van der Waals surface area contributed by atoms with Gasteiger partial charge in [0.15, 0.2) is 5.78 Å². The van der Waals surface area contributed by atoms with Crippen molar-refractivity contribution in [2.75, 3.05) is 7.11 Å². The first-order valence-corrected chi connectivity index (χ1v) is 6.92. The van der Waals surface area contributed by atoms with Gasteiger partial charge in [-0.3, -0.25) is 4.79 Å². The largest absolute Gasteiger partial charge is 0.465 e. The number of hydrogen-bond donors (Lipinski definition) is 1. The molecule has 0 bridgehead atoms. The van der Waals surface area contributed by atoms with Gasteiger partial charge in [-0.05, 0) is 24.9 Å². The summed E-state index contributed by atoms with van der Waals surface area (Å²) < 4.78 is 4.80. The highest BCUT2D eigenvalue weighted by Crippen LogP contribution is 2.32. The van der Waals surface area contributed by atoms with Crippen molar-refractivity contribution in [3.63, 3.8) is 0 Å². The molecule has 2 aromatic rings. The molecule has 1 atom stereocenters. The summed E-state index contributed by atoms with van der Waals surface area (Å²) in [5, 5.41) is 3.79. The molecule has 0 radical (unpaired) electrons. The topological polar surface area (TPSA) is 108 Å². The number of Topliss-reactive ketones (excluding diaryl/α,β-unsaturated/α-hetero) is 1. The van der Waals surface area contributed by atoms with Gasteiger partial charge in [0.05, 0.1) is 18.2 Å². The van der Waals surface area contributed by atoms with Crippen LogP contribution in [-0.4, -0.2) is 23.8 Å². The summed E-state index contributed by atoms with van der Waals surface area (Å²) in [4.78, 5) is 30.0. The van der Waals surface area contributed by atoms with E-state index in [1.807, 2.05) is 6.07 Å². The molecule has 0 aliphatic carbocycles. The highest BCUT2D eigenvalue weighted by atomic mass is 16.5. The Kier molecular flexibility index (Phi) is 4.83. The number of esters is 1. The van der Waals surface area contributed by atoms with Crippen LogP contribution in [0.2, 0.25) is 0 Å². The first-order valence-electron chi connectivity index (χ1n) is 6.92. The Labute approximate surface area is 132 Å². The molecule has 0 aliphatic rings. The number of nitrogens with one attached hydrogen (secondary N) is 1. The number of ketones is 1. The number of ether oxygens (including phenoxy) is 1. The number of aryl methyl sites for hydroxylation is 1. The van der Waals surface area contributed by atoms with Gasteiger partial charge >= 0.3 is 5.97 Å². The molecule has 2 rings (SSSR count). The average molecular weight is 312 g/mol. The number of carbonyl (C=O) groups is 2. The number of aromatic nitrogens is 1. The number of benzene rings is 1. The molecule has 1 heterocycles. The van der Waals surface area contributed by atoms with E-state index < -0.39 is 12.0 Å². The molecular formula is C16H16N4O3. The standard InChI is InChI=1S/C16H16N4O3/c1-9-12(10(2)21)13(16(22)23-3)15(18-9)14(19-20-17)11-7-5-4-6-8-11/h4-8,14,18H,1-3H3. The Morgan fingerprint density at radius 2 is 1.91 bits per heavy atom. The van der Waals surface area contributed by atoms with Crippen LogP contribution in [-0.2, 0) is 4.74 Å². The fourth-order valence-corrected chi connectivity index (χ4v) is 2.59. The Hall–Kier alpha value is -3.05. The van der Waals surface area contributed by atoms with Crippen LogP contribution in [0.5, 0.6) is 0 Å². The molecular weight excluding hydrogens is 296 g/mol. The van der Waals surface area contributed by atoms with Crippen molar-refractivity contribution in [2.45, 2.75) is 19.9 Å². The maximum atomic E-state index is 12.2. The van der Waals surface area contributed by atoms with Gasteiger partial charge in [-0.2, -0.15) is 0 Å². The minimum Gasteiger partial charge on any atom is -0.465 e. The maximum Gasteiger partial charge on any atom is 0.340 e. The minimum absolute atomic E-state index is 0.110. The van der Waals surface area contributed by atoms with Crippen LogP contribution in [0.25, 0.3) is 10.4 Å². The summed E-state index contributed by atoms with van der Waals surface area (Å²) in [6.07, 6.45) is 0. The molecule has 7 heteroatoms. The number of azide groups is 1. The van der Waals surface area contributed by atoms with Crippen molar-refractivity contribution in [1.82, 2.24) is 4.98 Å². The number of H-pyrrole nitrogens is 1. The summed E-state index contributed by atoms with van der Waals surface area (Å²) in [7, 11) is 1.24. The van der Waals surface area contributed by atoms with E-state index >= 15 is 0 Å². The van der Waals surface area contributed by atoms with Crippen LogP contribution in [0.3, 0.4) is 0 Å². The van der Waals surface area contributed by atoms with Crippen molar-refractivity contribution >= 4 is 11.8 Å². The lowest BCUT2D eigenvalue weighted by Gasteiger charge is -2.12. The average Bonchev–Trinajstić information content (AvgIpc) is 2.89. The first-order chi connectivity index (χ1) is 11.0. The molecule has 1 aromatic heterocycles. The molecule has 0 spiro atoms. The molecule has 0 aliphatic heterocycles. The van der Waals surface area contributed by atoms with E-state index in [-0.39, 0.29) is 16.9 Å². The smallest absolute Gasteiger partial charge is 0.340 e. The van der Waals surface area contributed by atoms with Crippen molar-refractivity contribution in [3.8, 4) is 0 Å². The summed E-state index contributed by atoms with van der Waals surface area (Å²) >= 11 is 0. The van der Waals surface area contributed by atoms with Crippen molar-refractivity contribution in [3.05, 3.63) is 68.9 Å². The summed E-state index contributed by atoms with van der Waals surface area (Å²) in [5.41, 5.74) is 10.8. The van der Waals surface area contributed by atoms with Crippen LogP contribution in [0, 0.1) is 6.92 Å². The lowest BCUT2D eigenvalue weighted by molar-refractivity contribution is 0.0596. The van der Waals surface area contributed by atoms with E-state index in [0.717, 1.165) is 0 Å².